The van der Waals surface area contributed by atoms with E-state index in [1.807, 2.05) is 22.8 Å². The molecular formula is C21H21N3O3. The summed E-state index contributed by atoms with van der Waals surface area (Å²) in [4.78, 5) is 30.7. The van der Waals surface area contributed by atoms with Crippen molar-refractivity contribution in [2.75, 3.05) is 13.1 Å². The second-order valence-electron chi connectivity index (χ2n) is 6.95. The molecule has 0 aliphatic carbocycles. The minimum absolute atomic E-state index is 0.133. The first-order valence-corrected chi connectivity index (χ1v) is 9.13. The number of benzene rings is 1. The van der Waals surface area contributed by atoms with Crippen LogP contribution < -0.4 is 5.43 Å². The Balaban J connectivity index is 1.59. The van der Waals surface area contributed by atoms with Gasteiger partial charge in [-0.25, -0.2) is 9.78 Å². The van der Waals surface area contributed by atoms with Crippen molar-refractivity contribution in [3.8, 4) is 0 Å². The number of likely N-dealkylation sites (tertiary alicyclic amines) is 1. The first-order valence-electron chi connectivity index (χ1n) is 9.13. The van der Waals surface area contributed by atoms with Crippen LogP contribution >= 0.6 is 0 Å². The zero-order valence-electron chi connectivity index (χ0n) is 14.9. The topological polar surface area (TPSA) is 75.4 Å². The van der Waals surface area contributed by atoms with Crippen LogP contribution in [0.15, 0.2) is 59.7 Å². The number of rotatable bonds is 4. The van der Waals surface area contributed by atoms with Gasteiger partial charge in [-0.3, -0.25) is 9.69 Å². The van der Waals surface area contributed by atoms with Gasteiger partial charge < -0.3 is 9.67 Å². The van der Waals surface area contributed by atoms with Crippen molar-refractivity contribution in [2.24, 2.45) is 0 Å². The molecule has 4 rings (SSSR count). The first kappa shape index (κ1) is 17.4. The summed E-state index contributed by atoms with van der Waals surface area (Å²) in [7, 11) is 0. The number of carboxylic acids is 1. The second kappa shape index (κ2) is 7.32. The van der Waals surface area contributed by atoms with Crippen molar-refractivity contribution in [2.45, 2.75) is 25.4 Å². The lowest BCUT2D eigenvalue weighted by molar-refractivity contribution is 0.0694. The normalized spacial score (nSPS) is 15.9. The molecule has 0 radical (unpaired) electrons. The van der Waals surface area contributed by atoms with Gasteiger partial charge in [0.05, 0.1) is 5.39 Å². The maximum Gasteiger partial charge on any atom is 0.341 e. The highest BCUT2D eigenvalue weighted by Crippen LogP contribution is 2.26. The summed E-state index contributed by atoms with van der Waals surface area (Å²) in [5.74, 6) is -1.19. The summed E-state index contributed by atoms with van der Waals surface area (Å²) in [6.07, 6.45) is 4.89. The van der Waals surface area contributed by atoms with E-state index in [0.717, 1.165) is 32.5 Å². The van der Waals surface area contributed by atoms with E-state index >= 15 is 0 Å². The van der Waals surface area contributed by atoms with Gasteiger partial charge in [0.25, 0.3) is 0 Å². The van der Waals surface area contributed by atoms with E-state index in [0.29, 0.717) is 11.0 Å². The van der Waals surface area contributed by atoms with E-state index in [4.69, 9.17) is 0 Å². The zero-order valence-corrected chi connectivity index (χ0v) is 14.9. The van der Waals surface area contributed by atoms with Gasteiger partial charge in [0, 0.05) is 38.1 Å². The Morgan fingerprint density at radius 2 is 1.85 bits per heavy atom. The number of pyridine rings is 2. The number of hydrogen-bond donors (Lipinski definition) is 1. The molecule has 0 bridgehead atoms. The maximum atomic E-state index is 12.4. The van der Waals surface area contributed by atoms with E-state index in [2.05, 4.69) is 22.0 Å². The summed E-state index contributed by atoms with van der Waals surface area (Å²) in [6, 6.07) is 13.8. The molecular weight excluding hydrogens is 342 g/mol. The van der Waals surface area contributed by atoms with Crippen LogP contribution in [-0.2, 0) is 6.54 Å². The van der Waals surface area contributed by atoms with Gasteiger partial charge in [-0.15, -0.1) is 0 Å². The molecule has 0 unspecified atom stereocenters. The number of hydrogen-bond acceptors (Lipinski definition) is 4. The van der Waals surface area contributed by atoms with Gasteiger partial charge in [-0.2, -0.15) is 0 Å². The Hall–Kier alpha value is -2.99. The van der Waals surface area contributed by atoms with E-state index in [-0.39, 0.29) is 11.6 Å². The van der Waals surface area contributed by atoms with Gasteiger partial charge in [-0.05, 0) is 30.5 Å². The number of aromatic carboxylic acids is 1. The van der Waals surface area contributed by atoms with Crippen molar-refractivity contribution in [3.05, 3.63) is 76.2 Å². The fourth-order valence-electron chi connectivity index (χ4n) is 3.81. The highest BCUT2D eigenvalue weighted by molar-refractivity contribution is 5.91. The molecule has 6 heteroatoms. The van der Waals surface area contributed by atoms with Crippen LogP contribution in [0.1, 0.15) is 34.8 Å². The number of carbonyl (C=O) groups is 1. The third-order valence-corrected chi connectivity index (χ3v) is 5.22. The van der Waals surface area contributed by atoms with Crippen molar-refractivity contribution < 1.29 is 9.90 Å². The van der Waals surface area contributed by atoms with E-state index in [9.17, 15) is 14.7 Å². The standard InChI is InChI=1S/C21H21N3O3/c25-19-17-7-4-10-22-20(17)24(14-18(19)21(26)27)16-8-11-23(12-9-16)13-15-5-2-1-3-6-15/h1-7,10,14,16H,8-9,11-13H2,(H,26,27). The lowest BCUT2D eigenvalue weighted by Crippen LogP contribution is -2.35. The molecule has 1 aromatic carbocycles. The molecule has 1 fully saturated rings. The van der Waals surface area contributed by atoms with Crippen molar-refractivity contribution in [1.82, 2.24) is 14.5 Å². The Bertz CT molecular complexity index is 1020. The molecule has 1 saturated heterocycles. The minimum Gasteiger partial charge on any atom is -0.477 e. The summed E-state index contributed by atoms with van der Waals surface area (Å²) in [5.41, 5.74) is 1.19. The van der Waals surface area contributed by atoms with E-state index < -0.39 is 11.4 Å². The third-order valence-electron chi connectivity index (χ3n) is 5.22. The summed E-state index contributed by atoms with van der Waals surface area (Å²) < 4.78 is 1.89. The van der Waals surface area contributed by atoms with Gasteiger partial charge in [-0.1, -0.05) is 30.3 Å². The molecule has 6 nitrogen and oxygen atoms in total. The molecule has 3 aromatic rings. The van der Waals surface area contributed by atoms with Gasteiger partial charge >= 0.3 is 5.97 Å². The molecule has 0 saturated carbocycles. The number of aromatic nitrogens is 2. The molecule has 2 aromatic heterocycles. The molecule has 1 N–H and O–H groups in total. The highest BCUT2D eigenvalue weighted by Gasteiger charge is 2.24. The first-order chi connectivity index (χ1) is 13.1. The Labute approximate surface area is 156 Å². The van der Waals surface area contributed by atoms with Crippen LogP contribution in [0.25, 0.3) is 11.0 Å². The van der Waals surface area contributed by atoms with Crippen molar-refractivity contribution >= 4 is 17.0 Å². The molecule has 1 aliphatic rings. The molecule has 0 amide bonds. The van der Waals surface area contributed by atoms with E-state index in [1.165, 1.54) is 11.8 Å². The Morgan fingerprint density at radius 3 is 2.56 bits per heavy atom. The van der Waals surface area contributed by atoms with Crippen LogP contribution in [0, 0.1) is 0 Å². The van der Waals surface area contributed by atoms with Crippen LogP contribution in [0.3, 0.4) is 0 Å². The van der Waals surface area contributed by atoms with E-state index in [1.54, 1.807) is 18.3 Å². The van der Waals surface area contributed by atoms with Gasteiger partial charge in [0.15, 0.2) is 0 Å². The molecule has 1 aliphatic heterocycles. The fraction of sp³-hybridized carbons (Fsp3) is 0.286. The van der Waals surface area contributed by atoms with Crippen molar-refractivity contribution in [3.63, 3.8) is 0 Å². The third kappa shape index (κ3) is 3.48. The van der Waals surface area contributed by atoms with Crippen LogP contribution in [0.4, 0.5) is 0 Å². The number of fused-ring (bicyclic) bond motifs is 1. The molecule has 0 atom stereocenters. The molecule has 27 heavy (non-hydrogen) atoms. The molecule has 138 valence electrons. The SMILES string of the molecule is O=C(O)c1cn(C2CCN(Cc3ccccc3)CC2)c2ncccc2c1=O. The quantitative estimate of drug-likeness (QED) is 0.771. The summed E-state index contributed by atoms with van der Waals surface area (Å²) in [5, 5.41) is 9.78. The Morgan fingerprint density at radius 1 is 1.11 bits per heavy atom. The van der Waals surface area contributed by atoms with Crippen LogP contribution in [0.5, 0.6) is 0 Å². The number of nitrogens with zero attached hydrogens (tertiary/aromatic N) is 3. The zero-order chi connectivity index (χ0) is 18.8. The summed E-state index contributed by atoms with van der Waals surface area (Å²) >= 11 is 0. The average molecular weight is 363 g/mol. The van der Waals surface area contributed by atoms with Crippen LogP contribution in [-0.4, -0.2) is 38.6 Å². The lowest BCUT2D eigenvalue weighted by atomic mass is 10.0. The second-order valence-corrected chi connectivity index (χ2v) is 6.95. The highest BCUT2D eigenvalue weighted by atomic mass is 16.4. The maximum absolute atomic E-state index is 12.4. The van der Waals surface area contributed by atoms with Gasteiger partial charge in [0.2, 0.25) is 5.43 Å². The minimum atomic E-state index is -1.19. The lowest BCUT2D eigenvalue weighted by Gasteiger charge is -2.33. The number of piperidine rings is 1. The fourth-order valence-corrected chi connectivity index (χ4v) is 3.81. The monoisotopic (exact) mass is 363 g/mol. The van der Waals surface area contributed by atoms with Gasteiger partial charge in [0.1, 0.15) is 11.2 Å². The largest absolute Gasteiger partial charge is 0.477 e. The van der Waals surface area contributed by atoms with Crippen molar-refractivity contribution in [1.29, 1.82) is 0 Å². The predicted octanol–water partition coefficient (Wildman–Crippen LogP) is 2.93. The number of carboxylic acid groups (broad SMARTS) is 1. The molecule has 0 spiro atoms. The summed E-state index contributed by atoms with van der Waals surface area (Å²) in [6.45, 7) is 2.75. The molecule has 3 heterocycles. The smallest absolute Gasteiger partial charge is 0.341 e. The average Bonchev–Trinajstić information content (AvgIpc) is 2.70. The van der Waals surface area contributed by atoms with Crippen LogP contribution in [0.2, 0.25) is 0 Å². The predicted molar refractivity (Wildman–Crippen MR) is 103 cm³/mol. The Kier molecular flexibility index (Phi) is 4.73.